The highest BCUT2D eigenvalue weighted by atomic mass is 19.4. The number of aliphatic hydroxyl groups is 1. The zero-order valence-electron chi connectivity index (χ0n) is 13.3. The molecule has 1 N–H and O–H groups in total. The summed E-state index contributed by atoms with van der Waals surface area (Å²) in [7, 11) is 0. The van der Waals surface area contributed by atoms with E-state index in [1.54, 1.807) is 18.2 Å². The zero-order chi connectivity index (χ0) is 17.1. The van der Waals surface area contributed by atoms with Crippen molar-refractivity contribution >= 4 is 5.69 Å². The Kier molecular flexibility index (Phi) is 3.23. The number of alkyl halides is 3. The van der Waals surface area contributed by atoms with Gasteiger partial charge in [-0.25, -0.2) is 0 Å². The average Bonchev–Trinajstić information content (AvgIpc) is 3.08. The highest BCUT2D eigenvalue weighted by Crippen LogP contribution is 2.55. The average molecular weight is 333 g/mol. The van der Waals surface area contributed by atoms with Gasteiger partial charge >= 0.3 is 6.18 Å². The normalized spacial score (nSPS) is 25.7. The second kappa shape index (κ2) is 4.99. The highest BCUT2D eigenvalue weighted by molar-refractivity contribution is 5.82. The Hall–Kier alpha value is -2.01. The van der Waals surface area contributed by atoms with Crippen molar-refractivity contribution in [1.82, 2.24) is 0 Å². The lowest BCUT2D eigenvalue weighted by Crippen LogP contribution is -2.41. The van der Waals surface area contributed by atoms with Gasteiger partial charge in [0.25, 0.3) is 0 Å². The van der Waals surface area contributed by atoms with E-state index in [1.165, 1.54) is 18.2 Å². The first-order chi connectivity index (χ1) is 11.3. The van der Waals surface area contributed by atoms with Crippen molar-refractivity contribution in [3.05, 3.63) is 53.6 Å². The van der Waals surface area contributed by atoms with E-state index in [2.05, 4.69) is 11.8 Å². The molecule has 0 spiro atoms. The summed E-state index contributed by atoms with van der Waals surface area (Å²) >= 11 is 0. The van der Waals surface area contributed by atoms with Crippen LogP contribution in [0.1, 0.15) is 30.9 Å². The SMILES string of the molecule is CC1CCCN1c1ccc2c(c1)C(O)(C(F)(F)F)c1ccccc1-2. The molecule has 1 heterocycles. The van der Waals surface area contributed by atoms with Gasteiger partial charge in [0.1, 0.15) is 0 Å². The van der Waals surface area contributed by atoms with Crippen LogP contribution in [0.4, 0.5) is 18.9 Å². The largest absolute Gasteiger partial charge is 0.425 e. The molecule has 1 saturated heterocycles. The molecule has 2 unspecified atom stereocenters. The van der Waals surface area contributed by atoms with Crippen molar-refractivity contribution in [3.63, 3.8) is 0 Å². The van der Waals surface area contributed by atoms with Gasteiger partial charge in [-0.3, -0.25) is 0 Å². The van der Waals surface area contributed by atoms with E-state index in [9.17, 15) is 18.3 Å². The number of anilines is 1. The molecule has 0 radical (unpaired) electrons. The molecule has 2 aliphatic rings. The van der Waals surface area contributed by atoms with Crippen LogP contribution in [0.2, 0.25) is 0 Å². The standard InChI is InChI=1S/C19H18F3NO/c1-12-5-4-10-23(12)13-8-9-15-14-6-2-3-7-16(14)18(24,17(15)11-13)19(20,21)22/h2-3,6-9,11-12,24H,4-5,10H2,1H3. The predicted molar refractivity (Wildman–Crippen MR) is 87.0 cm³/mol. The minimum Gasteiger partial charge on any atom is -0.372 e. The predicted octanol–water partition coefficient (Wildman–Crippen LogP) is 4.45. The quantitative estimate of drug-likeness (QED) is 0.833. The van der Waals surface area contributed by atoms with Gasteiger partial charge < -0.3 is 10.0 Å². The van der Waals surface area contributed by atoms with Crippen LogP contribution in [-0.2, 0) is 5.60 Å². The third kappa shape index (κ3) is 1.94. The van der Waals surface area contributed by atoms with Crippen LogP contribution < -0.4 is 4.90 Å². The molecule has 0 saturated carbocycles. The summed E-state index contributed by atoms with van der Waals surface area (Å²) < 4.78 is 41.5. The van der Waals surface area contributed by atoms with Crippen LogP contribution >= 0.6 is 0 Å². The summed E-state index contributed by atoms with van der Waals surface area (Å²) in [5, 5.41) is 10.7. The van der Waals surface area contributed by atoms with Gasteiger partial charge in [0.05, 0.1) is 0 Å². The third-order valence-corrected chi connectivity index (χ3v) is 5.29. The Morgan fingerprint density at radius 3 is 2.46 bits per heavy atom. The second-order valence-corrected chi connectivity index (χ2v) is 6.67. The number of halogens is 3. The molecule has 4 rings (SSSR count). The summed E-state index contributed by atoms with van der Waals surface area (Å²) in [5.41, 5.74) is -1.44. The fourth-order valence-electron chi connectivity index (χ4n) is 4.05. The first-order valence-corrected chi connectivity index (χ1v) is 8.14. The fourth-order valence-corrected chi connectivity index (χ4v) is 4.05. The van der Waals surface area contributed by atoms with Crippen molar-refractivity contribution in [2.45, 2.75) is 37.6 Å². The number of rotatable bonds is 1. The molecular formula is C19H18F3NO. The zero-order valence-corrected chi connectivity index (χ0v) is 13.3. The maximum absolute atomic E-state index is 13.8. The minimum atomic E-state index is -4.77. The Morgan fingerprint density at radius 2 is 1.79 bits per heavy atom. The van der Waals surface area contributed by atoms with E-state index in [4.69, 9.17) is 0 Å². The third-order valence-electron chi connectivity index (χ3n) is 5.29. The van der Waals surface area contributed by atoms with Crippen molar-refractivity contribution in [3.8, 4) is 11.1 Å². The van der Waals surface area contributed by atoms with Gasteiger partial charge in [0.2, 0.25) is 5.60 Å². The Labute approximate surface area is 138 Å². The van der Waals surface area contributed by atoms with Crippen LogP contribution in [0.5, 0.6) is 0 Å². The van der Waals surface area contributed by atoms with Gasteiger partial charge in [-0.05, 0) is 43.0 Å². The van der Waals surface area contributed by atoms with Crippen LogP contribution in [0.15, 0.2) is 42.5 Å². The first kappa shape index (κ1) is 15.5. The van der Waals surface area contributed by atoms with E-state index in [-0.39, 0.29) is 11.1 Å². The van der Waals surface area contributed by atoms with Crippen molar-refractivity contribution in [2.75, 3.05) is 11.4 Å². The Balaban J connectivity index is 1.93. The van der Waals surface area contributed by atoms with Crippen molar-refractivity contribution in [1.29, 1.82) is 0 Å². The molecule has 0 amide bonds. The summed E-state index contributed by atoms with van der Waals surface area (Å²) in [4.78, 5) is 2.11. The van der Waals surface area contributed by atoms with E-state index in [0.29, 0.717) is 17.2 Å². The Bertz CT molecular complexity index is 801. The number of fused-ring (bicyclic) bond motifs is 3. The second-order valence-electron chi connectivity index (χ2n) is 6.67. The van der Waals surface area contributed by atoms with Gasteiger partial charge in [-0.1, -0.05) is 30.3 Å². The highest BCUT2D eigenvalue weighted by Gasteiger charge is 2.60. The van der Waals surface area contributed by atoms with Gasteiger partial charge in [0, 0.05) is 29.4 Å². The molecule has 5 heteroatoms. The molecule has 24 heavy (non-hydrogen) atoms. The summed E-state index contributed by atoms with van der Waals surface area (Å²) in [6.07, 6.45) is -2.72. The number of nitrogens with zero attached hydrogens (tertiary/aromatic N) is 1. The molecule has 126 valence electrons. The van der Waals surface area contributed by atoms with Crippen LogP contribution in [0.3, 0.4) is 0 Å². The van der Waals surface area contributed by atoms with Gasteiger partial charge in [-0.2, -0.15) is 13.2 Å². The molecule has 1 aliphatic heterocycles. The molecule has 2 atom stereocenters. The van der Waals surface area contributed by atoms with Gasteiger partial charge in [-0.15, -0.1) is 0 Å². The number of hydrogen-bond acceptors (Lipinski definition) is 2. The van der Waals surface area contributed by atoms with Gasteiger partial charge in [0.15, 0.2) is 0 Å². The molecule has 1 fully saturated rings. The summed E-state index contributed by atoms with van der Waals surface area (Å²) in [6, 6.07) is 11.6. The van der Waals surface area contributed by atoms with Crippen LogP contribution in [0, 0.1) is 0 Å². The topological polar surface area (TPSA) is 23.5 Å². The van der Waals surface area contributed by atoms with Crippen LogP contribution in [-0.4, -0.2) is 23.9 Å². The lowest BCUT2D eigenvalue weighted by molar-refractivity contribution is -0.246. The summed E-state index contributed by atoms with van der Waals surface area (Å²) in [6.45, 7) is 2.91. The minimum absolute atomic E-state index is 0.0622. The molecule has 2 nitrogen and oxygen atoms in total. The molecule has 2 aromatic rings. The smallest absolute Gasteiger partial charge is 0.372 e. The lowest BCUT2D eigenvalue weighted by atomic mass is 9.90. The van der Waals surface area contributed by atoms with E-state index >= 15 is 0 Å². The number of hydrogen-bond donors (Lipinski definition) is 1. The first-order valence-electron chi connectivity index (χ1n) is 8.14. The Morgan fingerprint density at radius 1 is 1.08 bits per heavy atom. The van der Waals surface area contributed by atoms with E-state index in [0.717, 1.165) is 25.1 Å². The van der Waals surface area contributed by atoms with Crippen molar-refractivity contribution < 1.29 is 18.3 Å². The molecule has 0 bridgehead atoms. The van der Waals surface area contributed by atoms with E-state index < -0.39 is 11.8 Å². The number of benzene rings is 2. The maximum atomic E-state index is 13.8. The fraction of sp³-hybridized carbons (Fsp3) is 0.368. The van der Waals surface area contributed by atoms with Crippen LogP contribution in [0.25, 0.3) is 11.1 Å². The van der Waals surface area contributed by atoms with Crippen molar-refractivity contribution in [2.24, 2.45) is 0 Å². The monoisotopic (exact) mass is 333 g/mol. The molecular weight excluding hydrogens is 315 g/mol. The van der Waals surface area contributed by atoms with E-state index in [1.807, 2.05) is 6.07 Å². The maximum Gasteiger partial charge on any atom is 0.425 e. The molecule has 2 aromatic carbocycles. The molecule has 1 aliphatic carbocycles. The lowest BCUT2D eigenvalue weighted by Gasteiger charge is -2.30. The molecule has 0 aromatic heterocycles. The summed E-state index contributed by atoms with van der Waals surface area (Å²) in [5.74, 6) is 0.